The van der Waals surface area contributed by atoms with Gasteiger partial charge in [-0.25, -0.2) is 14.8 Å². The Morgan fingerprint density at radius 2 is 1.73 bits per heavy atom. The van der Waals surface area contributed by atoms with E-state index in [0.29, 0.717) is 5.15 Å². The van der Waals surface area contributed by atoms with Crippen molar-refractivity contribution in [1.82, 2.24) is 9.97 Å². The van der Waals surface area contributed by atoms with Crippen molar-refractivity contribution < 1.29 is 9.53 Å². The average molecular weight is 385 g/mol. The number of hydrogen-bond acceptors (Lipinski definition) is 5. The second kappa shape index (κ2) is 14.2. The number of terminal acetylenes is 1. The van der Waals surface area contributed by atoms with E-state index in [9.17, 15) is 4.79 Å². The third-order valence-corrected chi connectivity index (χ3v) is 3.16. The summed E-state index contributed by atoms with van der Waals surface area (Å²) in [4.78, 5) is 20.8. The molecule has 1 aromatic rings. The average Bonchev–Trinajstić information content (AvgIpc) is 2.60. The van der Waals surface area contributed by atoms with Gasteiger partial charge in [0.1, 0.15) is 5.60 Å². The van der Waals surface area contributed by atoms with E-state index >= 15 is 0 Å². The van der Waals surface area contributed by atoms with Crippen LogP contribution in [0.5, 0.6) is 0 Å². The maximum absolute atomic E-state index is 10.0. The third-order valence-electron chi connectivity index (χ3n) is 2.89. The molecule has 0 radical (unpaired) electrons. The van der Waals surface area contributed by atoms with Crippen molar-refractivity contribution in [2.24, 2.45) is 5.73 Å². The number of anilines is 1. The number of primary amides is 1. The molecule has 1 saturated heterocycles. The van der Waals surface area contributed by atoms with Crippen LogP contribution in [-0.4, -0.2) is 34.8 Å². The lowest BCUT2D eigenvalue weighted by atomic mass is 10.1. The molecule has 148 valence electrons. The minimum absolute atomic E-state index is 0.453. The maximum atomic E-state index is 10.0. The number of ether oxygens (including phenoxy) is 1. The van der Waals surface area contributed by atoms with Gasteiger partial charge >= 0.3 is 6.09 Å². The number of piperidine rings is 1. The van der Waals surface area contributed by atoms with E-state index in [2.05, 4.69) is 32.5 Å². The first-order chi connectivity index (χ1) is 12.2. The van der Waals surface area contributed by atoms with Gasteiger partial charge in [0.2, 0.25) is 0 Å². The highest BCUT2D eigenvalue weighted by Gasteiger charge is 2.15. The van der Waals surface area contributed by atoms with Gasteiger partial charge in [-0.15, -0.1) is 12.8 Å². The van der Waals surface area contributed by atoms with Crippen LogP contribution in [-0.2, 0) is 4.74 Å². The smallest absolute Gasteiger partial charge is 0.405 e. The first kappa shape index (κ1) is 26.2. The zero-order chi connectivity index (χ0) is 20.8. The lowest BCUT2D eigenvalue weighted by Gasteiger charge is -2.28. The molecule has 1 aliphatic heterocycles. The molecular weight excluding hydrogens is 352 g/mol. The Bertz CT molecular complexity index is 536. The van der Waals surface area contributed by atoms with Crippen molar-refractivity contribution in [2.75, 3.05) is 18.0 Å². The quantitative estimate of drug-likeness (QED) is 0.716. The normalized spacial score (nSPS) is 12.9. The number of rotatable bonds is 1. The number of halogens is 1. The molecule has 0 unspecified atom stereocenters. The molecule has 1 aromatic heterocycles. The van der Waals surface area contributed by atoms with Crippen LogP contribution in [0.25, 0.3) is 0 Å². The number of nitrogens with zero attached hydrogens (tertiary/aromatic N) is 3. The van der Waals surface area contributed by atoms with Crippen molar-refractivity contribution in [3.63, 3.8) is 0 Å². The van der Waals surface area contributed by atoms with E-state index in [-0.39, 0.29) is 0 Å². The Balaban J connectivity index is 0. The van der Waals surface area contributed by atoms with Crippen LogP contribution in [0.3, 0.4) is 0 Å². The zero-order valence-corrected chi connectivity index (χ0v) is 17.6. The SMILES string of the molecule is C#C.CC.CC(C)(C)OC(N)=O.Cc1cnc(Cl)c(N2CCCCC2)n1. The number of aromatic nitrogens is 2. The molecule has 0 saturated carbocycles. The van der Waals surface area contributed by atoms with Crippen molar-refractivity contribution in [3.05, 3.63) is 17.0 Å². The molecule has 2 N–H and O–H groups in total. The third kappa shape index (κ3) is 12.4. The Kier molecular flexibility index (Phi) is 14.3. The van der Waals surface area contributed by atoms with E-state index in [1.54, 1.807) is 27.0 Å². The van der Waals surface area contributed by atoms with Crippen LogP contribution in [0.4, 0.5) is 10.6 Å². The summed E-state index contributed by atoms with van der Waals surface area (Å²) in [7, 11) is 0. The monoisotopic (exact) mass is 384 g/mol. The van der Waals surface area contributed by atoms with Crippen molar-refractivity contribution in [3.8, 4) is 12.8 Å². The number of nitrogens with two attached hydrogens (primary N) is 1. The highest BCUT2D eigenvalue weighted by molar-refractivity contribution is 6.31. The molecule has 0 aromatic carbocycles. The molecule has 0 bridgehead atoms. The minimum atomic E-state index is -0.725. The topological polar surface area (TPSA) is 81.3 Å². The van der Waals surface area contributed by atoms with E-state index in [1.165, 1.54) is 19.3 Å². The Morgan fingerprint density at radius 1 is 1.23 bits per heavy atom. The minimum Gasteiger partial charge on any atom is -0.444 e. The maximum Gasteiger partial charge on any atom is 0.405 e. The number of hydrogen-bond donors (Lipinski definition) is 1. The second-order valence-corrected chi connectivity index (χ2v) is 6.56. The van der Waals surface area contributed by atoms with Crippen LogP contribution >= 0.6 is 11.6 Å². The molecule has 7 heteroatoms. The fraction of sp³-hybridized carbons (Fsp3) is 0.632. The van der Waals surface area contributed by atoms with Crippen molar-refractivity contribution in [2.45, 2.75) is 66.4 Å². The summed E-state index contributed by atoms with van der Waals surface area (Å²) >= 11 is 6.01. The highest BCUT2D eigenvalue weighted by atomic mass is 35.5. The summed E-state index contributed by atoms with van der Waals surface area (Å²) < 4.78 is 4.58. The standard InChI is InChI=1S/C10H14ClN3.C5H11NO2.C2H6.C2H2/c1-8-7-12-9(11)10(13-8)14-5-3-2-4-6-14;1-5(2,3)8-4(6)7;2*1-2/h7H,2-6H2,1H3;1-3H3,(H2,6,7);1-2H3;1-2H. The molecule has 0 spiro atoms. The van der Waals surface area contributed by atoms with Gasteiger partial charge in [0, 0.05) is 13.1 Å². The number of amides is 1. The van der Waals surface area contributed by atoms with Crippen molar-refractivity contribution in [1.29, 1.82) is 0 Å². The zero-order valence-electron chi connectivity index (χ0n) is 16.9. The molecule has 26 heavy (non-hydrogen) atoms. The summed E-state index contributed by atoms with van der Waals surface area (Å²) in [6, 6.07) is 0. The Morgan fingerprint density at radius 3 is 2.12 bits per heavy atom. The molecule has 1 fully saturated rings. The molecular formula is C19H33ClN4O2. The Labute approximate surface area is 163 Å². The molecule has 2 rings (SSSR count). The van der Waals surface area contributed by atoms with Crippen molar-refractivity contribution >= 4 is 23.5 Å². The van der Waals surface area contributed by atoms with E-state index in [1.807, 2.05) is 20.8 Å². The van der Waals surface area contributed by atoms with Gasteiger partial charge in [0.25, 0.3) is 0 Å². The summed E-state index contributed by atoms with van der Waals surface area (Å²) in [6.45, 7) is 13.3. The van der Waals surface area contributed by atoms with Gasteiger partial charge in [0.05, 0.1) is 11.9 Å². The predicted octanol–water partition coefficient (Wildman–Crippen LogP) is 4.58. The number of carbonyl (C=O) groups excluding carboxylic acids is 1. The lowest BCUT2D eigenvalue weighted by molar-refractivity contribution is 0.0600. The number of aryl methyl sites for hydroxylation is 1. The summed E-state index contributed by atoms with van der Waals surface area (Å²) in [5, 5.41) is 0.525. The fourth-order valence-electron chi connectivity index (χ4n) is 2.06. The molecule has 1 amide bonds. The predicted molar refractivity (Wildman–Crippen MR) is 110 cm³/mol. The molecule has 2 heterocycles. The largest absolute Gasteiger partial charge is 0.444 e. The lowest BCUT2D eigenvalue weighted by Crippen LogP contribution is -2.30. The molecule has 0 aliphatic carbocycles. The van der Waals surface area contributed by atoms with E-state index in [0.717, 1.165) is 24.6 Å². The Hall–Kier alpha value is -2.00. The second-order valence-electron chi connectivity index (χ2n) is 6.21. The molecule has 1 aliphatic rings. The van der Waals surface area contributed by atoms with E-state index < -0.39 is 11.7 Å². The van der Waals surface area contributed by atoms with E-state index in [4.69, 9.17) is 17.3 Å². The fourth-order valence-corrected chi connectivity index (χ4v) is 2.27. The molecule has 0 atom stereocenters. The van der Waals surface area contributed by atoms with Gasteiger partial charge < -0.3 is 15.4 Å². The first-order valence-electron chi connectivity index (χ1n) is 8.75. The van der Waals surface area contributed by atoms with Gasteiger partial charge in [-0.1, -0.05) is 25.4 Å². The van der Waals surface area contributed by atoms with Gasteiger partial charge in [-0.05, 0) is 47.0 Å². The van der Waals surface area contributed by atoms with Crippen LogP contribution in [0.15, 0.2) is 6.20 Å². The van der Waals surface area contributed by atoms with Crippen LogP contribution in [0, 0.1) is 19.8 Å². The van der Waals surface area contributed by atoms with Gasteiger partial charge in [-0.2, -0.15) is 0 Å². The van der Waals surface area contributed by atoms with Gasteiger partial charge in [-0.3, -0.25) is 0 Å². The van der Waals surface area contributed by atoms with Crippen LogP contribution in [0.2, 0.25) is 5.15 Å². The summed E-state index contributed by atoms with van der Waals surface area (Å²) in [6.07, 6.45) is 12.7. The number of carbonyl (C=O) groups is 1. The molecule has 6 nitrogen and oxygen atoms in total. The van der Waals surface area contributed by atoms with Crippen LogP contribution in [0.1, 0.15) is 59.6 Å². The summed E-state index contributed by atoms with van der Waals surface area (Å²) in [5.41, 5.74) is 5.19. The van der Waals surface area contributed by atoms with Crippen LogP contribution < -0.4 is 10.6 Å². The first-order valence-corrected chi connectivity index (χ1v) is 9.13. The van der Waals surface area contributed by atoms with Gasteiger partial charge in [0.15, 0.2) is 11.0 Å². The highest BCUT2D eigenvalue weighted by Crippen LogP contribution is 2.24. The summed E-state index contributed by atoms with van der Waals surface area (Å²) in [5.74, 6) is 0.853.